The lowest BCUT2D eigenvalue weighted by Crippen LogP contribution is -2.31. The smallest absolute Gasteiger partial charge is 0.262 e. The van der Waals surface area contributed by atoms with E-state index in [1.54, 1.807) is 0 Å². The van der Waals surface area contributed by atoms with Gasteiger partial charge in [-0.15, -0.1) is 11.3 Å². The highest BCUT2D eigenvalue weighted by molar-refractivity contribution is 7.12. The third kappa shape index (κ3) is 2.74. The number of nitrogens with two attached hydrogens (primary N) is 1. The SMILES string of the molecule is NCC#Cc1ccsc1C(=O)NCC1CC2CCC1C2. The molecule has 0 radical (unpaired) electrons. The molecule has 0 spiro atoms. The van der Waals surface area contributed by atoms with Gasteiger partial charge in [0.15, 0.2) is 0 Å². The van der Waals surface area contributed by atoms with Crippen molar-refractivity contribution in [2.75, 3.05) is 13.1 Å². The maximum Gasteiger partial charge on any atom is 0.262 e. The molecule has 1 heterocycles. The average Bonchev–Trinajstić information content (AvgIpc) is 3.17. The molecular formula is C16H20N2OS. The Bertz CT molecular complexity index is 554. The van der Waals surface area contributed by atoms with Crippen LogP contribution in [0, 0.1) is 29.6 Å². The fourth-order valence-corrected chi connectivity index (χ4v) is 4.43. The zero-order valence-electron chi connectivity index (χ0n) is 11.5. The number of fused-ring (bicyclic) bond motifs is 2. The fourth-order valence-electron chi connectivity index (χ4n) is 3.66. The summed E-state index contributed by atoms with van der Waals surface area (Å²) in [5.74, 6) is 8.25. The van der Waals surface area contributed by atoms with Crippen molar-refractivity contribution in [1.29, 1.82) is 0 Å². The molecular weight excluding hydrogens is 268 g/mol. The number of nitrogens with one attached hydrogen (secondary N) is 1. The monoisotopic (exact) mass is 288 g/mol. The molecule has 3 unspecified atom stereocenters. The van der Waals surface area contributed by atoms with Crippen LogP contribution in [0.3, 0.4) is 0 Å². The second-order valence-electron chi connectivity index (χ2n) is 5.81. The summed E-state index contributed by atoms with van der Waals surface area (Å²) in [6, 6.07) is 1.89. The van der Waals surface area contributed by atoms with Crippen molar-refractivity contribution in [2.24, 2.45) is 23.5 Å². The molecule has 0 aromatic carbocycles. The molecule has 0 aliphatic heterocycles. The molecule has 3 nitrogen and oxygen atoms in total. The molecule has 20 heavy (non-hydrogen) atoms. The van der Waals surface area contributed by atoms with Crippen LogP contribution in [0.4, 0.5) is 0 Å². The third-order valence-corrected chi connectivity index (χ3v) is 5.52. The predicted octanol–water partition coefficient (Wildman–Crippen LogP) is 2.22. The number of carbonyl (C=O) groups excluding carboxylic acids is 1. The van der Waals surface area contributed by atoms with E-state index in [2.05, 4.69) is 17.2 Å². The van der Waals surface area contributed by atoms with Crippen molar-refractivity contribution in [3.63, 3.8) is 0 Å². The van der Waals surface area contributed by atoms with Crippen molar-refractivity contribution < 1.29 is 4.79 Å². The van der Waals surface area contributed by atoms with E-state index in [9.17, 15) is 4.79 Å². The molecule has 2 saturated carbocycles. The average molecular weight is 288 g/mol. The van der Waals surface area contributed by atoms with Crippen LogP contribution in [0.5, 0.6) is 0 Å². The minimum atomic E-state index is 0.0177. The third-order valence-electron chi connectivity index (χ3n) is 4.61. The first kappa shape index (κ1) is 13.7. The zero-order chi connectivity index (χ0) is 13.9. The maximum absolute atomic E-state index is 12.3. The lowest BCUT2D eigenvalue weighted by molar-refractivity contribution is 0.0945. The molecule has 2 aliphatic carbocycles. The van der Waals surface area contributed by atoms with Crippen molar-refractivity contribution in [3.8, 4) is 11.8 Å². The second kappa shape index (κ2) is 5.99. The van der Waals surface area contributed by atoms with Crippen LogP contribution in [-0.2, 0) is 0 Å². The topological polar surface area (TPSA) is 55.1 Å². The molecule has 3 rings (SSSR count). The number of hydrogen-bond donors (Lipinski definition) is 2. The molecule has 2 fully saturated rings. The van der Waals surface area contributed by atoms with Gasteiger partial charge in [0.25, 0.3) is 5.91 Å². The van der Waals surface area contributed by atoms with Gasteiger partial charge in [-0.1, -0.05) is 18.3 Å². The van der Waals surface area contributed by atoms with Crippen LogP contribution in [0.25, 0.3) is 0 Å². The normalized spacial score (nSPS) is 27.1. The van der Waals surface area contributed by atoms with Gasteiger partial charge in [-0.2, -0.15) is 0 Å². The molecule has 2 aliphatic rings. The van der Waals surface area contributed by atoms with Gasteiger partial charge < -0.3 is 11.1 Å². The number of amides is 1. The Kier molecular flexibility index (Phi) is 4.09. The van der Waals surface area contributed by atoms with Gasteiger partial charge in [0.1, 0.15) is 4.88 Å². The highest BCUT2D eigenvalue weighted by atomic mass is 32.1. The van der Waals surface area contributed by atoms with Crippen molar-refractivity contribution in [2.45, 2.75) is 25.7 Å². The minimum absolute atomic E-state index is 0.0177. The van der Waals surface area contributed by atoms with Gasteiger partial charge in [0.05, 0.1) is 6.54 Å². The van der Waals surface area contributed by atoms with Gasteiger partial charge >= 0.3 is 0 Å². The molecule has 3 N–H and O–H groups in total. The van der Waals surface area contributed by atoms with Crippen LogP contribution in [0.1, 0.15) is 40.9 Å². The fraction of sp³-hybridized carbons (Fsp3) is 0.562. The van der Waals surface area contributed by atoms with E-state index < -0.39 is 0 Å². The van der Waals surface area contributed by atoms with Gasteiger partial charge in [-0.3, -0.25) is 4.79 Å². The van der Waals surface area contributed by atoms with Crippen LogP contribution in [-0.4, -0.2) is 19.0 Å². The van der Waals surface area contributed by atoms with E-state index in [-0.39, 0.29) is 5.91 Å². The van der Waals surface area contributed by atoms with E-state index in [1.165, 1.54) is 37.0 Å². The van der Waals surface area contributed by atoms with E-state index >= 15 is 0 Å². The molecule has 2 bridgehead atoms. The highest BCUT2D eigenvalue weighted by Crippen LogP contribution is 2.47. The van der Waals surface area contributed by atoms with Crippen LogP contribution >= 0.6 is 11.3 Å². The summed E-state index contributed by atoms with van der Waals surface area (Å²) in [5, 5.41) is 5.01. The summed E-state index contributed by atoms with van der Waals surface area (Å²) in [6.07, 6.45) is 5.44. The number of carbonyl (C=O) groups is 1. The largest absolute Gasteiger partial charge is 0.351 e. The summed E-state index contributed by atoms with van der Waals surface area (Å²) in [4.78, 5) is 13.0. The number of hydrogen-bond acceptors (Lipinski definition) is 3. The summed E-state index contributed by atoms with van der Waals surface area (Å²) >= 11 is 1.45. The Hall–Kier alpha value is -1.31. The van der Waals surface area contributed by atoms with E-state index in [1.807, 2.05) is 11.4 Å². The van der Waals surface area contributed by atoms with Gasteiger partial charge in [0.2, 0.25) is 0 Å². The Labute approximate surface area is 123 Å². The molecule has 4 heteroatoms. The first-order chi connectivity index (χ1) is 9.78. The van der Waals surface area contributed by atoms with Gasteiger partial charge in [-0.25, -0.2) is 0 Å². The summed E-state index contributed by atoms with van der Waals surface area (Å²) in [6.45, 7) is 1.14. The first-order valence-electron chi connectivity index (χ1n) is 7.32. The lowest BCUT2D eigenvalue weighted by atomic mass is 9.89. The van der Waals surface area contributed by atoms with E-state index in [4.69, 9.17) is 5.73 Å². The summed E-state index contributed by atoms with van der Waals surface area (Å²) in [7, 11) is 0. The predicted molar refractivity (Wildman–Crippen MR) is 81.5 cm³/mol. The standard InChI is InChI=1S/C16H20N2OS/c17-6-1-2-12-5-7-20-15(12)16(19)18-10-14-9-11-3-4-13(14)8-11/h5,7,11,13-14H,3-4,6,8-10,17H2,(H,18,19). The number of thiophene rings is 1. The highest BCUT2D eigenvalue weighted by Gasteiger charge is 2.39. The molecule has 0 saturated heterocycles. The molecule has 106 valence electrons. The molecule has 1 amide bonds. The first-order valence-corrected chi connectivity index (χ1v) is 8.20. The van der Waals surface area contributed by atoms with Gasteiger partial charge in [-0.05, 0) is 48.5 Å². The van der Waals surface area contributed by atoms with Crippen LogP contribution in [0.2, 0.25) is 0 Å². The second-order valence-corrected chi connectivity index (χ2v) is 6.73. The Morgan fingerprint density at radius 1 is 1.45 bits per heavy atom. The van der Waals surface area contributed by atoms with Crippen molar-refractivity contribution >= 4 is 17.2 Å². The molecule has 1 aromatic rings. The number of rotatable bonds is 3. The van der Waals surface area contributed by atoms with E-state index in [0.29, 0.717) is 17.3 Å². The van der Waals surface area contributed by atoms with Crippen LogP contribution in [0.15, 0.2) is 11.4 Å². The van der Waals surface area contributed by atoms with Crippen LogP contribution < -0.4 is 11.1 Å². The Morgan fingerprint density at radius 2 is 2.35 bits per heavy atom. The molecule has 1 aromatic heterocycles. The van der Waals surface area contributed by atoms with E-state index in [0.717, 1.165) is 23.9 Å². The quantitative estimate of drug-likeness (QED) is 0.838. The Balaban J connectivity index is 1.58. The summed E-state index contributed by atoms with van der Waals surface area (Å²) < 4.78 is 0. The Morgan fingerprint density at radius 3 is 3.05 bits per heavy atom. The minimum Gasteiger partial charge on any atom is -0.351 e. The maximum atomic E-state index is 12.3. The van der Waals surface area contributed by atoms with Crippen molar-refractivity contribution in [1.82, 2.24) is 5.32 Å². The van der Waals surface area contributed by atoms with Crippen molar-refractivity contribution in [3.05, 3.63) is 21.9 Å². The lowest BCUT2D eigenvalue weighted by Gasteiger charge is -2.21. The van der Waals surface area contributed by atoms with Gasteiger partial charge in [0, 0.05) is 12.1 Å². The molecule has 3 atom stereocenters. The summed E-state index contributed by atoms with van der Waals surface area (Å²) in [5.41, 5.74) is 6.17. The zero-order valence-corrected chi connectivity index (χ0v) is 12.3.